The largest absolute Gasteiger partial charge is 0.330 e. The summed E-state index contributed by atoms with van der Waals surface area (Å²) < 4.78 is 0. The van der Waals surface area contributed by atoms with Crippen LogP contribution in [-0.4, -0.2) is 19.6 Å². The van der Waals surface area contributed by atoms with Crippen LogP contribution in [0.1, 0.15) is 51.4 Å². The number of nitrogens with one attached hydrogen (secondary N) is 1. The minimum atomic E-state index is 0.856. The van der Waals surface area contributed by atoms with Gasteiger partial charge in [-0.1, -0.05) is 32.1 Å². The van der Waals surface area contributed by atoms with Crippen molar-refractivity contribution in [3.8, 4) is 0 Å². The van der Waals surface area contributed by atoms with E-state index in [0.717, 1.165) is 12.5 Å². The van der Waals surface area contributed by atoms with Crippen molar-refractivity contribution in [2.24, 2.45) is 11.7 Å². The molecule has 84 valence electrons. The normalized spacial score (nSPS) is 16.9. The van der Waals surface area contributed by atoms with Gasteiger partial charge in [-0.15, -0.1) is 0 Å². The fourth-order valence-electron chi connectivity index (χ4n) is 1.96. The number of hydrogen-bond donors (Lipinski definition) is 2. The third kappa shape index (κ3) is 5.61. The van der Waals surface area contributed by atoms with Crippen LogP contribution in [0.3, 0.4) is 0 Å². The van der Waals surface area contributed by atoms with Crippen LogP contribution in [-0.2, 0) is 0 Å². The molecule has 0 unspecified atom stereocenters. The van der Waals surface area contributed by atoms with Crippen LogP contribution in [0.5, 0.6) is 0 Å². The molecule has 2 heteroatoms. The van der Waals surface area contributed by atoms with Crippen molar-refractivity contribution in [1.82, 2.24) is 5.32 Å². The van der Waals surface area contributed by atoms with Gasteiger partial charge in [0.05, 0.1) is 0 Å². The van der Waals surface area contributed by atoms with Gasteiger partial charge in [0, 0.05) is 0 Å². The molecule has 0 aromatic carbocycles. The van der Waals surface area contributed by atoms with E-state index in [1.807, 2.05) is 0 Å². The van der Waals surface area contributed by atoms with Gasteiger partial charge in [-0.25, -0.2) is 0 Å². The van der Waals surface area contributed by atoms with Crippen molar-refractivity contribution < 1.29 is 0 Å². The van der Waals surface area contributed by atoms with Crippen molar-refractivity contribution in [2.75, 3.05) is 19.6 Å². The average Bonchev–Trinajstić information content (AvgIpc) is 2.13. The molecule has 1 aliphatic rings. The van der Waals surface area contributed by atoms with Crippen LogP contribution >= 0.6 is 0 Å². The maximum Gasteiger partial charge on any atom is -0.00463 e. The van der Waals surface area contributed by atoms with Gasteiger partial charge in [-0.3, -0.25) is 0 Å². The molecule has 0 amide bonds. The first-order chi connectivity index (χ1) is 6.93. The minimum Gasteiger partial charge on any atom is -0.330 e. The molecule has 0 aromatic heterocycles. The summed E-state index contributed by atoms with van der Waals surface area (Å²) in [6.45, 7) is 3.30. The Kier molecular flexibility index (Phi) is 7.06. The van der Waals surface area contributed by atoms with Crippen molar-refractivity contribution >= 4 is 0 Å². The molecule has 0 aromatic rings. The van der Waals surface area contributed by atoms with E-state index in [1.165, 1.54) is 64.5 Å². The molecule has 0 atom stereocenters. The summed E-state index contributed by atoms with van der Waals surface area (Å²) in [5, 5.41) is 3.53. The fourth-order valence-corrected chi connectivity index (χ4v) is 1.96. The Balaban J connectivity index is 1.67. The second-order valence-corrected chi connectivity index (χ2v) is 4.54. The first kappa shape index (κ1) is 12.0. The van der Waals surface area contributed by atoms with Gasteiger partial charge in [0.25, 0.3) is 0 Å². The highest BCUT2D eigenvalue weighted by atomic mass is 14.8. The number of hydrogen-bond acceptors (Lipinski definition) is 2. The highest BCUT2D eigenvalue weighted by Gasteiger charge is 2.15. The smallest absolute Gasteiger partial charge is 0.00463 e. The first-order valence-corrected chi connectivity index (χ1v) is 6.34. The molecule has 14 heavy (non-hydrogen) atoms. The van der Waals surface area contributed by atoms with Gasteiger partial charge >= 0.3 is 0 Å². The van der Waals surface area contributed by atoms with Gasteiger partial charge in [0.2, 0.25) is 0 Å². The molecule has 0 saturated heterocycles. The second-order valence-electron chi connectivity index (χ2n) is 4.54. The minimum absolute atomic E-state index is 0.856. The predicted octanol–water partition coefficient (Wildman–Crippen LogP) is 2.29. The Labute approximate surface area is 88.6 Å². The monoisotopic (exact) mass is 198 g/mol. The number of unbranched alkanes of at least 4 members (excludes halogenated alkanes) is 3. The zero-order valence-electron chi connectivity index (χ0n) is 9.43. The maximum atomic E-state index is 5.43. The quantitative estimate of drug-likeness (QED) is 0.558. The molecule has 0 radical (unpaired) electrons. The SMILES string of the molecule is NCCCCCCNCCC1CCC1. The fraction of sp³-hybridized carbons (Fsp3) is 1.00. The molecule has 1 aliphatic carbocycles. The number of nitrogens with two attached hydrogens (primary N) is 1. The van der Waals surface area contributed by atoms with Gasteiger partial charge in [0.15, 0.2) is 0 Å². The van der Waals surface area contributed by atoms with E-state index in [1.54, 1.807) is 0 Å². The lowest BCUT2D eigenvalue weighted by Gasteiger charge is -2.25. The zero-order valence-corrected chi connectivity index (χ0v) is 9.43. The molecule has 0 spiro atoms. The molecule has 0 heterocycles. The third-order valence-electron chi connectivity index (χ3n) is 3.26. The predicted molar refractivity (Wildman–Crippen MR) is 62.4 cm³/mol. The Bertz CT molecular complexity index is 121. The van der Waals surface area contributed by atoms with Crippen LogP contribution in [0.2, 0.25) is 0 Å². The highest BCUT2D eigenvalue weighted by molar-refractivity contribution is 4.70. The third-order valence-corrected chi connectivity index (χ3v) is 3.26. The lowest BCUT2D eigenvalue weighted by Crippen LogP contribution is -2.22. The summed E-state index contributed by atoms with van der Waals surface area (Å²) in [5.41, 5.74) is 5.43. The van der Waals surface area contributed by atoms with Crippen LogP contribution in [0.4, 0.5) is 0 Å². The van der Waals surface area contributed by atoms with E-state index in [-0.39, 0.29) is 0 Å². The van der Waals surface area contributed by atoms with Crippen molar-refractivity contribution in [2.45, 2.75) is 51.4 Å². The van der Waals surface area contributed by atoms with E-state index in [0.29, 0.717) is 0 Å². The van der Waals surface area contributed by atoms with Gasteiger partial charge < -0.3 is 11.1 Å². The average molecular weight is 198 g/mol. The molecular formula is C12H26N2. The topological polar surface area (TPSA) is 38.0 Å². The van der Waals surface area contributed by atoms with E-state index < -0.39 is 0 Å². The van der Waals surface area contributed by atoms with E-state index in [9.17, 15) is 0 Å². The van der Waals surface area contributed by atoms with E-state index >= 15 is 0 Å². The first-order valence-electron chi connectivity index (χ1n) is 6.34. The number of rotatable bonds is 9. The van der Waals surface area contributed by atoms with E-state index in [4.69, 9.17) is 5.73 Å². The molecule has 3 N–H and O–H groups in total. The Morgan fingerprint density at radius 1 is 1.00 bits per heavy atom. The molecule has 2 nitrogen and oxygen atoms in total. The van der Waals surface area contributed by atoms with Crippen LogP contribution in [0, 0.1) is 5.92 Å². The lowest BCUT2D eigenvalue weighted by molar-refractivity contribution is 0.292. The maximum absolute atomic E-state index is 5.43. The van der Waals surface area contributed by atoms with Gasteiger partial charge in [0.1, 0.15) is 0 Å². The zero-order chi connectivity index (χ0) is 10.1. The van der Waals surface area contributed by atoms with Crippen molar-refractivity contribution in [3.63, 3.8) is 0 Å². The highest BCUT2D eigenvalue weighted by Crippen LogP contribution is 2.28. The molecule has 1 fully saturated rings. The van der Waals surface area contributed by atoms with Crippen LogP contribution in [0.15, 0.2) is 0 Å². The van der Waals surface area contributed by atoms with Crippen LogP contribution in [0.25, 0.3) is 0 Å². The van der Waals surface area contributed by atoms with E-state index in [2.05, 4.69) is 5.32 Å². The summed E-state index contributed by atoms with van der Waals surface area (Å²) in [5.74, 6) is 1.06. The summed E-state index contributed by atoms with van der Waals surface area (Å²) in [6.07, 6.45) is 11.0. The molecular weight excluding hydrogens is 172 g/mol. The molecule has 1 saturated carbocycles. The Hall–Kier alpha value is -0.0800. The second kappa shape index (κ2) is 8.25. The Morgan fingerprint density at radius 3 is 2.43 bits per heavy atom. The summed E-state index contributed by atoms with van der Waals surface area (Å²) in [4.78, 5) is 0. The summed E-state index contributed by atoms with van der Waals surface area (Å²) in [7, 11) is 0. The van der Waals surface area contributed by atoms with Gasteiger partial charge in [-0.2, -0.15) is 0 Å². The van der Waals surface area contributed by atoms with Crippen molar-refractivity contribution in [3.05, 3.63) is 0 Å². The standard InChI is InChI=1S/C12H26N2/c13-9-3-1-2-4-10-14-11-8-12-6-5-7-12/h12,14H,1-11,13H2. The lowest BCUT2D eigenvalue weighted by atomic mass is 9.83. The Morgan fingerprint density at radius 2 is 1.79 bits per heavy atom. The molecule has 0 bridgehead atoms. The van der Waals surface area contributed by atoms with Gasteiger partial charge in [-0.05, 0) is 44.8 Å². The molecule has 0 aliphatic heterocycles. The van der Waals surface area contributed by atoms with Crippen LogP contribution < -0.4 is 11.1 Å². The van der Waals surface area contributed by atoms with Crippen molar-refractivity contribution in [1.29, 1.82) is 0 Å². The summed E-state index contributed by atoms with van der Waals surface area (Å²) in [6, 6.07) is 0. The summed E-state index contributed by atoms with van der Waals surface area (Å²) >= 11 is 0. The molecule has 1 rings (SSSR count).